The first-order valence-corrected chi connectivity index (χ1v) is 8.99. The van der Waals surface area contributed by atoms with Gasteiger partial charge >= 0.3 is 5.95 Å². The number of rotatable bonds is 3. The van der Waals surface area contributed by atoms with Crippen LogP contribution in [0.2, 0.25) is 0 Å². The lowest BCUT2D eigenvalue weighted by Crippen LogP contribution is -2.38. The summed E-state index contributed by atoms with van der Waals surface area (Å²) < 4.78 is 10.6. The lowest BCUT2D eigenvalue weighted by Gasteiger charge is -2.26. The molecule has 1 aromatic heterocycles. The summed E-state index contributed by atoms with van der Waals surface area (Å²) in [4.78, 5) is 20.5. The number of piperidine rings is 1. The minimum Gasteiger partial charge on any atom is -0.754 e. The highest BCUT2D eigenvalue weighted by molar-refractivity contribution is 5.46. The molecule has 3 saturated heterocycles. The Hall–Kier alpha value is -2.64. The summed E-state index contributed by atoms with van der Waals surface area (Å²) in [7, 11) is 0. The van der Waals surface area contributed by atoms with Gasteiger partial charge in [-0.25, -0.2) is 4.73 Å². The number of aromatic nitrogens is 2. The zero-order chi connectivity index (χ0) is 20.3. The van der Waals surface area contributed by atoms with E-state index in [1.807, 2.05) is 0 Å². The molecule has 3 fully saturated rings. The molecule has 0 aliphatic carbocycles. The van der Waals surface area contributed by atoms with Crippen molar-refractivity contribution in [3.63, 3.8) is 0 Å². The Morgan fingerprint density at radius 1 is 1.25 bits per heavy atom. The van der Waals surface area contributed by atoms with Crippen molar-refractivity contribution in [2.75, 3.05) is 42.7 Å². The first-order chi connectivity index (χ1) is 13.4. The van der Waals surface area contributed by atoms with Crippen LogP contribution in [-0.4, -0.2) is 65.9 Å². The number of nitrogens with two attached hydrogens (primary N) is 2. The minimum atomic E-state index is -0.871. The van der Waals surface area contributed by atoms with Gasteiger partial charge in [-0.3, -0.25) is 0 Å². The van der Waals surface area contributed by atoms with Gasteiger partial charge in [-0.15, -0.1) is 10.1 Å². The van der Waals surface area contributed by atoms with E-state index in [0.717, 1.165) is 25.9 Å². The van der Waals surface area contributed by atoms with Gasteiger partial charge < -0.3 is 41.0 Å². The topological polar surface area (TPSA) is 186 Å². The fourth-order valence-corrected chi connectivity index (χ4v) is 3.45. The normalized spacial score (nSPS) is 29.0. The third kappa shape index (κ3) is 4.43. The molecule has 3 aliphatic rings. The molecule has 4 atom stereocenters. The number of fused-ring (bicyclic) bond motifs is 1. The molecule has 0 bridgehead atoms. The van der Waals surface area contributed by atoms with Gasteiger partial charge in [0.2, 0.25) is 0 Å². The molecule has 0 aromatic carbocycles. The van der Waals surface area contributed by atoms with Crippen LogP contribution in [0, 0.1) is 15.3 Å². The maximum Gasteiger partial charge on any atom is 0.346 e. The lowest BCUT2D eigenvalue weighted by molar-refractivity contribution is -0.769. The molecule has 0 spiro atoms. The Bertz CT molecular complexity index is 678. The predicted octanol–water partition coefficient (Wildman–Crippen LogP) is -1.41. The Balaban J connectivity index is 0.000000162. The lowest BCUT2D eigenvalue weighted by atomic mass is 10.1. The van der Waals surface area contributed by atoms with Gasteiger partial charge in [-0.2, -0.15) is 0 Å². The summed E-state index contributed by atoms with van der Waals surface area (Å²) in [5.41, 5.74) is 11.0. The molecule has 3 aliphatic heterocycles. The van der Waals surface area contributed by atoms with Gasteiger partial charge in [0.15, 0.2) is 17.7 Å². The second kappa shape index (κ2) is 8.58. The third-order valence-corrected chi connectivity index (χ3v) is 4.83. The van der Waals surface area contributed by atoms with E-state index >= 15 is 0 Å². The number of aliphatic hydroxyl groups excluding tert-OH is 1. The number of anilines is 3. The van der Waals surface area contributed by atoms with E-state index in [4.69, 9.17) is 20.9 Å². The van der Waals surface area contributed by atoms with Gasteiger partial charge in [-0.05, 0) is 19.3 Å². The molecule has 13 heteroatoms. The molecule has 0 unspecified atom stereocenters. The van der Waals surface area contributed by atoms with E-state index in [2.05, 4.69) is 14.7 Å². The summed E-state index contributed by atoms with van der Waals surface area (Å²) in [6.07, 6.45) is 1.13. The van der Waals surface area contributed by atoms with Crippen LogP contribution in [0.5, 0.6) is 0 Å². The van der Waals surface area contributed by atoms with Crippen LogP contribution in [0.1, 0.15) is 19.3 Å². The molecule has 1 aromatic rings. The quantitative estimate of drug-likeness (QED) is 0.234. The summed E-state index contributed by atoms with van der Waals surface area (Å²) in [6, 6.07) is 1.58. The molecule has 4 heterocycles. The number of aliphatic hydroxyl groups is 1. The van der Waals surface area contributed by atoms with Crippen LogP contribution in [0.4, 0.5) is 17.6 Å². The van der Waals surface area contributed by atoms with Crippen LogP contribution >= 0.6 is 0 Å². The van der Waals surface area contributed by atoms with Gasteiger partial charge in [0.25, 0.3) is 5.09 Å². The molecule has 5 N–H and O–H groups in total. The summed E-state index contributed by atoms with van der Waals surface area (Å²) in [6.45, 7) is 2.14. The summed E-state index contributed by atoms with van der Waals surface area (Å²) in [5.74, 6) is 0.718. The van der Waals surface area contributed by atoms with Gasteiger partial charge in [0.05, 0.1) is 19.3 Å². The van der Waals surface area contributed by atoms with Crippen molar-refractivity contribution >= 4 is 17.6 Å². The van der Waals surface area contributed by atoms with Crippen LogP contribution in [0.25, 0.3) is 0 Å². The van der Waals surface area contributed by atoms with E-state index < -0.39 is 29.5 Å². The second-order valence-electron chi connectivity index (χ2n) is 6.77. The Kier molecular flexibility index (Phi) is 6.16. The van der Waals surface area contributed by atoms with E-state index in [9.17, 15) is 20.4 Å². The van der Waals surface area contributed by atoms with Gasteiger partial charge in [0.1, 0.15) is 18.3 Å². The second-order valence-corrected chi connectivity index (χ2v) is 6.77. The summed E-state index contributed by atoms with van der Waals surface area (Å²) in [5, 5.41) is 29.6. The van der Waals surface area contributed by atoms with Crippen LogP contribution in [-0.2, 0) is 14.3 Å². The molecular formula is C15H24N6O7. The molecule has 0 amide bonds. The molecule has 28 heavy (non-hydrogen) atoms. The molecule has 4 rings (SSSR count). The highest BCUT2D eigenvalue weighted by atomic mass is 17.0. The van der Waals surface area contributed by atoms with Crippen LogP contribution in [0.15, 0.2) is 6.07 Å². The van der Waals surface area contributed by atoms with E-state index in [0.29, 0.717) is 10.5 Å². The van der Waals surface area contributed by atoms with Crippen molar-refractivity contribution in [1.29, 1.82) is 0 Å². The number of hydrogen-bond acceptors (Lipinski definition) is 11. The third-order valence-electron chi connectivity index (χ3n) is 4.83. The van der Waals surface area contributed by atoms with Crippen molar-refractivity contribution in [3.8, 4) is 0 Å². The number of ether oxygens (including phenoxy) is 2. The smallest absolute Gasteiger partial charge is 0.346 e. The highest BCUT2D eigenvalue weighted by Gasteiger charge is 2.48. The van der Waals surface area contributed by atoms with Gasteiger partial charge in [0, 0.05) is 13.1 Å². The average Bonchev–Trinajstić information content (AvgIpc) is 3.24. The minimum absolute atomic E-state index is 0.0874. The van der Waals surface area contributed by atoms with Crippen LogP contribution in [0.3, 0.4) is 0 Å². The van der Waals surface area contributed by atoms with Crippen molar-refractivity contribution in [3.05, 3.63) is 21.4 Å². The van der Waals surface area contributed by atoms with E-state index in [1.54, 1.807) is 6.07 Å². The van der Waals surface area contributed by atoms with Gasteiger partial charge in [-0.1, -0.05) is 4.98 Å². The zero-order valence-electron chi connectivity index (χ0n) is 15.2. The molecule has 13 nitrogen and oxygen atoms in total. The summed E-state index contributed by atoms with van der Waals surface area (Å²) >= 11 is 0. The first-order valence-electron chi connectivity index (χ1n) is 8.99. The van der Waals surface area contributed by atoms with E-state index in [1.165, 1.54) is 6.42 Å². The molecule has 156 valence electrons. The average molecular weight is 400 g/mol. The molecule has 0 radical (unpaired) electrons. The number of hydrogen-bond donors (Lipinski definition) is 3. The number of nitrogens with zero attached hydrogens (tertiary/aromatic N) is 4. The first kappa shape index (κ1) is 20.1. The Labute approximate surface area is 160 Å². The molecular weight excluding hydrogens is 376 g/mol. The maximum absolute atomic E-state index is 11.2. The SMILES string of the molecule is Nc1cc(N2CCCCC2)nc(N)[n+]1[O-].O=[N+]([O-])O[C@@H]1CO[C@H]2[C@@H]1OC[C@@H]2O. The Morgan fingerprint density at radius 2 is 1.93 bits per heavy atom. The fraction of sp³-hybridized carbons (Fsp3) is 0.733. The maximum atomic E-state index is 11.2. The standard InChI is InChI=1S/C9H15N5O.C6H9NO6/c10-7-6-8(12-9(11)14(7)15)13-4-2-1-3-5-13;8-3-1-11-6-4(13-7(9)10)2-12-5(3)6/h6H,1-5,10H2,(H2,11,12);3-6,8H,1-2H2/t;3-,4+,5+,6+/m.0/s1. The van der Waals surface area contributed by atoms with Crippen molar-refractivity contribution < 1.29 is 29.2 Å². The largest absolute Gasteiger partial charge is 0.754 e. The molecule has 0 saturated carbocycles. The van der Waals surface area contributed by atoms with E-state index in [-0.39, 0.29) is 25.0 Å². The zero-order valence-corrected chi connectivity index (χ0v) is 15.2. The van der Waals surface area contributed by atoms with Crippen molar-refractivity contribution in [2.45, 2.75) is 43.7 Å². The number of nitrogen functional groups attached to an aromatic ring is 2. The fourth-order valence-electron chi connectivity index (χ4n) is 3.45. The monoisotopic (exact) mass is 400 g/mol. The van der Waals surface area contributed by atoms with Crippen molar-refractivity contribution in [2.24, 2.45) is 0 Å². The van der Waals surface area contributed by atoms with Crippen LogP contribution < -0.4 is 21.1 Å². The highest BCUT2D eigenvalue weighted by Crippen LogP contribution is 2.28. The van der Waals surface area contributed by atoms with Crippen molar-refractivity contribution in [1.82, 2.24) is 4.98 Å². The predicted molar refractivity (Wildman–Crippen MR) is 95.4 cm³/mol. The Morgan fingerprint density at radius 3 is 2.57 bits per heavy atom.